The van der Waals surface area contributed by atoms with Crippen LogP contribution in [0.15, 0.2) is 21.1 Å². The fraction of sp³-hybridized carbons (Fsp3) is 0. The van der Waals surface area contributed by atoms with Crippen LogP contribution in [0, 0.1) is 5.41 Å². The molecule has 70 valence electrons. The summed E-state index contributed by atoms with van der Waals surface area (Å²) >= 11 is 12.4. The molecule has 0 aliphatic carbocycles. The fourth-order valence-electron chi connectivity index (χ4n) is 0.796. The minimum absolute atomic E-state index is 0.122. The van der Waals surface area contributed by atoms with Gasteiger partial charge in [0.2, 0.25) is 0 Å². The molecule has 0 radical (unpaired) electrons. The number of rotatable bonds is 1. The van der Waals surface area contributed by atoms with Crippen LogP contribution in [0.4, 0.5) is 5.69 Å². The van der Waals surface area contributed by atoms with E-state index in [1.165, 1.54) is 0 Å². The van der Waals surface area contributed by atoms with Crippen molar-refractivity contribution in [3.63, 3.8) is 0 Å². The third-order valence-electron chi connectivity index (χ3n) is 1.27. The zero-order valence-electron chi connectivity index (χ0n) is 6.37. The average molecular weight is 327 g/mol. The van der Waals surface area contributed by atoms with E-state index in [1.807, 2.05) is 0 Å². The Morgan fingerprint density at radius 3 is 2.23 bits per heavy atom. The van der Waals surface area contributed by atoms with Crippen LogP contribution in [0.3, 0.4) is 0 Å². The second-order valence-corrected chi connectivity index (χ2v) is 4.43. The first-order valence-electron chi connectivity index (χ1n) is 3.26. The van der Waals surface area contributed by atoms with Crippen molar-refractivity contribution < 1.29 is 0 Å². The van der Waals surface area contributed by atoms with Gasteiger partial charge in [0.1, 0.15) is 0 Å². The van der Waals surface area contributed by atoms with Gasteiger partial charge >= 0.3 is 0 Å². The van der Waals surface area contributed by atoms with Crippen molar-refractivity contribution in [1.82, 2.24) is 0 Å². The Morgan fingerprint density at radius 2 is 1.85 bits per heavy atom. The number of anilines is 1. The maximum atomic E-state index is 7.07. The number of nitrogens with one attached hydrogen (secondary N) is 2. The van der Waals surface area contributed by atoms with Gasteiger partial charge in [-0.3, -0.25) is 5.41 Å². The average Bonchev–Trinajstić information content (AvgIpc) is 1.96. The molecule has 0 spiro atoms. The maximum Gasteiger partial charge on any atom is 0.190 e. The normalized spacial score (nSPS) is 9.77. The maximum absolute atomic E-state index is 7.07. The molecule has 0 aliphatic heterocycles. The highest BCUT2D eigenvalue weighted by Gasteiger charge is 2.06. The Balaban J connectivity index is 3.13. The lowest BCUT2D eigenvalue weighted by Gasteiger charge is -2.09. The predicted molar refractivity (Wildman–Crippen MR) is 62.4 cm³/mol. The van der Waals surface area contributed by atoms with E-state index in [2.05, 4.69) is 37.2 Å². The third-order valence-corrected chi connectivity index (χ3v) is 2.74. The Labute approximate surface area is 97.4 Å². The smallest absolute Gasteiger partial charge is 0.190 e. The van der Waals surface area contributed by atoms with Gasteiger partial charge in [-0.25, -0.2) is 0 Å². The quantitative estimate of drug-likeness (QED) is 0.548. The summed E-state index contributed by atoms with van der Waals surface area (Å²) in [6.45, 7) is 0. The highest BCUT2D eigenvalue weighted by molar-refractivity contribution is 9.11. The van der Waals surface area contributed by atoms with Crippen LogP contribution in [-0.4, -0.2) is 5.96 Å². The second kappa shape index (κ2) is 4.30. The lowest BCUT2D eigenvalue weighted by Crippen LogP contribution is -2.20. The van der Waals surface area contributed by atoms with E-state index < -0.39 is 0 Å². The first-order chi connectivity index (χ1) is 6.00. The molecule has 0 aliphatic rings. The van der Waals surface area contributed by atoms with Gasteiger partial charge in [-0.1, -0.05) is 11.6 Å². The van der Waals surface area contributed by atoms with E-state index in [4.69, 9.17) is 22.7 Å². The lowest BCUT2D eigenvalue weighted by atomic mass is 10.3. The standard InChI is InChI=1S/C7H6Br2ClN3/c8-4-1-3(10)2-5(9)6(4)13-7(11)12/h1-2H,(H4,11,12,13). The van der Waals surface area contributed by atoms with Crippen LogP contribution >= 0.6 is 43.5 Å². The van der Waals surface area contributed by atoms with Crippen LogP contribution in [0.5, 0.6) is 0 Å². The summed E-state index contributed by atoms with van der Waals surface area (Å²) in [6.07, 6.45) is 0. The van der Waals surface area contributed by atoms with Crippen molar-refractivity contribution in [2.24, 2.45) is 5.73 Å². The minimum Gasteiger partial charge on any atom is -0.370 e. The Hall–Kier alpha value is -0.260. The molecule has 0 heterocycles. The number of guanidine groups is 1. The molecule has 0 amide bonds. The van der Waals surface area contributed by atoms with E-state index in [0.717, 1.165) is 8.95 Å². The molecule has 1 rings (SSSR count). The van der Waals surface area contributed by atoms with Gasteiger partial charge in [0, 0.05) is 14.0 Å². The number of halogens is 3. The van der Waals surface area contributed by atoms with Gasteiger partial charge in [0.25, 0.3) is 0 Å². The van der Waals surface area contributed by atoms with Crippen molar-refractivity contribution in [3.8, 4) is 0 Å². The monoisotopic (exact) mass is 325 g/mol. The molecule has 3 nitrogen and oxygen atoms in total. The summed E-state index contributed by atoms with van der Waals surface area (Å²) < 4.78 is 1.50. The Morgan fingerprint density at radius 1 is 1.38 bits per heavy atom. The summed E-state index contributed by atoms with van der Waals surface area (Å²) in [4.78, 5) is 0. The number of benzene rings is 1. The van der Waals surface area contributed by atoms with Gasteiger partial charge in [-0.05, 0) is 44.0 Å². The van der Waals surface area contributed by atoms with Crippen LogP contribution in [0.2, 0.25) is 5.02 Å². The van der Waals surface area contributed by atoms with Crippen LogP contribution in [0.1, 0.15) is 0 Å². The van der Waals surface area contributed by atoms with E-state index in [1.54, 1.807) is 12.1 Å². The SMILES string of the molecule is N=C(N)Nc1c(Br)cc(Cl)cc1Br. The van der Waals surface area contributed by atoms with Gasteiger partial charge in [0.15, 0.2) is 5.96 Å². The zero-order valence-corrected chi connectivity index (χ0v) is 10.3. The summed E-state index contributed by atoms with van der Waals surface area (Å²) in [7, 11) is 0. The molecule has 1 aromatic carbocycles. The minimum atomic E-state index is -0.122. The van der Waals surface area contributed by atoms with E-state index in [-0.39, 0.29) is 5.96 Å². The molecular weight excluding hydrogens is 321 g/mol. The molecule has 0 fully saturated rings. The number of hydrogen-bond acceptors (Lipinski definition) is 1. The van der Waals surface area contributed by atoms with Crippen LogP contribution < -0.4 is 11.1 Å². The van der Waals surface area contributed by atoms with Gasteiger partial charge in [-0.15, -0.1) is 0 Å². The van der Waals surface area contributed by atoms with Gasteiger partial charge in [-0.2, -0.15) is 0 Å². The molecule has 0 saturated carbocycles. The van der Waals surface area contributed by atoms with Crippen molar-refractivity contribution in [2.75, 3.05) is 5.32 Å². The number of nitrogens with two attached hydrogens (primary N) is 1. The highest BCUT2D eigenvalue weighted by Crippen LogP contribution is 2.33. The van der Waals surface area contributed by atoms with E-state index in [0.29, 0.717) is 10.7 Å². The van der Waals surface area contributed by atoms with Gasteiger partial charge < -0.3 is 11.1 Å². The first-order valence-corrected chi connectivity index (χ1v) is 5.22. The fourth-order valence-corrected chi connectivity index (χ4v) is 2.66. The van der Waals surface area contributed by atoms with Crippen LogP contribution in [0.25, 0.3) is 0 Å². The molecule has 0 atom stereocenters. The number of hydrogen-bond donors (Lipinski definition) is 3. The van der Waals surface area contributed by atoms with Crippen molar-refractivity contribution >= 4 is 55.1 Å². The molecule has 0 aromatic heterocycles. The summed E-state index contributed by atoms with van der Waals surface area (Å²) in [6, 6.07) is 3.44. The largest absolute Gasteiger partial charge is 0.370 e. The summed E-state index contributed by atoms with van der Waals surface area (Å²) in [5.41, 5.74) is 5.89. The molecule has 4 N–H and O–H groups in total. The highest BCUT2D eigenvalue weighted by atomic mass is 79.9. The molecule has 6 heteroatoms. The van der Waals surface area contributed by atoms with E-state index in [9.17, 15) is 0 Å². The zero-order chi connectivity index (χ0) is 10.0. The van der Waals surface area contributed by atoms with Crippen molar-refractivity contribution in [2.45, 2.75) is 0 Å². The lowest BCUT2D eigenvalue weighted by molar-refractivity contribution is 1.40. The third kappa shape index (κ3) is 2.86. The Bertz CT molecular complexity index is 331. The topological polar surface area (TPSA) is 61.9 Å². The van der Waals surface area contributed by atoms with Gasteiger partial charge in [0.05, 0.1) is 5.69 Å². The van der Waals surface area contributed by atoms with Crippen molar-refractivity contribution in [3.05, 3.63) is 26.1 Å². The molecule has 0 saturated heterocycles. The molecule has 1 aromatic rings. The summed E-state index contributed by atoms with van der Waals surface area (Å²) in [5.74, 6) is -0.122. The van der Waals surface area contributed by atoms with Crippen LogP contribution in [-0.2, 0) is 0 Å². The summed E-state index contributed by atoms with van der Waals surface area (Å²) in [5, 5.41) is 10.4. The molecule has 0 unspecified atom stereocenters. The Kier molecular flexibility index (Phi) is 3.58. The molecule has 13 heavy (non-hydrogen) atoms. The molecule has 0 bridgehead atoms. The predicted octanol–water partition coefficient (Wildman–Crippen LogP) is 3.17. The first kappa shape index (κ1) is 10.8. The second-order valence-electron chi connectivity index (χ2n) is 2.28. The van der Waals surface area contributed by atoms with E-state index >= 15 is 0 Å². The molecular formula is C7H6Br2ClN3. The van der Waals surface area contributed by atoms with Crippen molar-refractivity contribution in [1.29, 1.82) is 5.41 Å².